The topological polar surface area (TPSA) is 84.9 Å². The Kier molecular flexibility index (Phi) is 7.00. The minimum atomic E-state index is -4.02. The van der Waals surface area contributed by atoms with E-state index < -0.39 is 22.5 Å². The standard InChI is InChI=1S/C25H25ClN2O5S/c1-17-21(26)9-6-10-22(17)28(34(30,31)20-7-4-3-5-8-20)16-25(29)27-18(2)19-11-12-23-24(15-19)33-14-13-32-23/h3-12,15,18H,13-14,16H2,1-2H3,(H,27,29)/t18-/m0/s1. The molecule has 9 heteroatoms. The highest BCUT2D eigenvalue weighted by molar-refractivity contribution is 7.92. The van der Waals surface area contributed by atoms with Crippen LogP contribution in [0, 0.1) is 6.92 Å². The van der Waals surface area contributed by atoms with E-state index in [1.807, 2.05) is 19.1 Å². The van der Waals surface area contributed by atoms with E-state index in [0.717, 1.165) is 9.87 Å². The predicted octanol–water partition coefficient (Wildman–Crippen LogP) is 4.49. The first kappa shape index (κ1) is 23.9. The third-order valence-electron chi connectivity index (χ3n) is 5.57. The van der Waals surface area contributed by atoms with E-state index in [1.54, 1.807) is 49.4 Å². The molecule has 0 spiro atoms. The lowest BCUT2D eigenvalue weighted by Gasteiger charge is -2.27. The molecule has 4 rings (SSSR count). The second kappa shape index (κ2) is 9.95. The summed E-state index contributed by atoms with van der Waals surface area (Å²) in [4.78, 5) is 13.2. The summed E-state index contributed by atoms with van der Waals surface area (Å²) in [5, 5.41) is 3.30. The molecule has 0 saturated heterocycles. The first-order chi connectivity index (χ1) is 16.3. The predicted molar refractivity (Wildman–Crippen MR) is 131 cm³/mol. The SMILES string of the molecule is Cc1c(Cl)cccc1N(CC(=O)N[C@@H](C)c1ccc2c(c1)OCCO2)S(=O)(=O)c1ccccc1. The Labute approximate surface area is 204 Å². The first-order valence-corrected chi connectivity index (χ1v) is 12.6. The number of nitrogens with one attached hydrogen (secondary N) is 1. The number of halogens is 1. The van der Waals surface area contributed by atoms with E-state index in [-0.39, 0.29) is 10.9 Å². The van der Waals surface area contributed by atoms with Gasteiger partial charge in [-0.3, -0.25) is 9.10 Å². The molecule has 0 fully saturated rings. The molecule has 0 bridgehead atoms. The van der Waals surface area contributed by atoms with Crippen LogP contribution < -0.4 is 19.1 Å². The summed E-state index contributed by atoms with van der Waals surface area (Å²) in [6.45, 7) is 4.09. The molecule has 1 aliphatic rings. The molecule has 0 saturated carbocycles. The number of benzene rings is 3. The van der Waals surface area contributed by atoms with Crippen LogP contribution in [0.3, 0.4) is 0 Å². The van der Waals surface area contributed by atoms with Crippen LogP contribution in [0.1, 0.15) is 24.1 Å². The summed E-state index contributed by atoms with van der Waals surface area (Å²) in [5.41, 5.74) is 1.73. The molecule has 7 nitrogen and oxygen atoms in total. The van der Waals surface area contributed by atoms with Crippen LogP contribution in [0.25, 0.3) is 0 Å². The van der Waals surface area contributed by atoms with E-state index >= 15 is 0 Å². The zero-order valence-electron chi connectivity index (χ0n) is 18.8. The Bertz CT molecular complexity index is 1300. The summed E-state index contributed by atoms with van der Waals surface area (Å²) < 4.78 is 39.3. The Hall–Kier alpha value is -3.23. The zero-order chi connectivity index (χ0) is 24.3. The van der Waals surface area contributed by atoms with E-state index in [0.29, 0.717) is 41.0 Å². The van der Waals surface area contributed by atoms with Gasteiger partial charge in [0.1, 0.15) is 19.8 Å². The van der Waals surface area contributed by atoms with Gasteiger partial charge in [0.25, 0.3) is 10.0 Å². The fourth-order valence-electron chi connectivity index (χ4n) is 3.72. The number of fused-ring (bicyclic) bond motifs is 1. The lowest BCUT2D eigenvalue weighted by molar-refractivity contribution is -0.120. The quantitative estimate of drug-likeness (QED) is 0.516. The van der Waals surface area contributed by atoms with Crippen molar-refractivity contribution in [3.8, 4) is 11.5 Å². The molecule has 0 aromatic heterocycles. The molecule has 0 radical (unpaired) electrons. The number of sulfonamides is 1. The normalized spacial score (nSPS) is 13.7. The maximum absolute atomic E-state index is 13.5. The van der Waals surface area contributed by atoms with Crippen LogP contribution >= 0.6 is 11.6 Å². The molecule has 178 valence electrons. The van der Waals surface area contributed by atoms with Crippen LogP contribution in [-0.4, -0.2) is 34.1 Å². The minimum Gasteiger partial charge on any atom is -0.486 e. The van der Waals surface area contributed by atoms with Crippen molar-refractivity contribution < 1.29 is 22.7 Å². The summed E-state index contributed by atoms with van der Waals surface area (Å²) in [7, 11) is -4.02. The van der Waals surface area contributed by atoms with Crippen LogP contribution in [0.15, 0.2) is 71.6 Å². The number of anilines is 1. The van der Waals surface area contributed by atoms with Crippen molar-refractivity contribution in [2.45, 2.75) is 24.8 Å². The van der Waals surface area contributed by atoms with Gasteiger partial charge in [-0.05, 0) is 61.4 Å². The number of carbonyl (C=O) groups excluding carboxylic acids is 1. The highest BCUT2D eigenvalue weighted by Crippen LogP contribution is 2.33. The lowest BCUT2D eigenvalue weighted by atomic mass is 10.1. The van der Waals surface area contributed by atoms with E-state index in [1.165, 1.54) is 12.1 Å². The number of hydrogen-bond acceptors (Lipinski definition) is 5. The fraction of sp³-hybridized carbons (Fsp3) is 0.240. The fourth-order valence-corrected chi connectivity index (χ4v) is 5.38. The third-order valence-corrected chi connectivity index (χ3v) is 7.75. The number of hydrogen-bond donors (Lipinski definition) is 1. The summed E-state index contributed by atoms with van der Waals surface area (Å²) in [5.74, 6) is 0.819. The van der Waals surface area contributed by atoms with Gasteiger partial charge in [-0.15, -0.1) is 0 Å². The highest BCUT2D eigenvalue weighted by Gasteiger charge is 2.29. The van der Waals surface area contributed by atoms with Gasteiger partial charge in [0, 0.05) is 5.02 Å². The molecular formula is C25H25ClN2O5S. The van der Waals surface area contributed by atoms with E-state index in [2.05, 4.69) is 5.32 Å². The molecule has 1 aliphatic heterocycles. The smallest absolute Gasteiger partial charge is 0.264 e. The van der Waals surface area contributed by atoms with Gasteiger partial charge in [0.05, 0.1) is 16.6 Å². The van der Waals surface area contributed by atoms with Crippen molar-refractivity contribution in [3.05, 3.63) is 82.9 Å². The minimum absolute atomic E-state index is 0.0852. The molecule has 1 N–H and O–H groups in total. The van der Waals surface area contributed by atoms with Gasteiger partial charge in [-0.25, -0.2) is 8.42 Å². The molecule has 1 heterocycles. The average Bonchev–Trinajstić information content (AvgIpc) is 2.84. The van der Waals surface area contributed by atoms with Crippen molar-refractivity contribution in [2.75, 3.05) is 24.1 Å². The monoisotopic (exact) mass is 500 g/mol. The third kappa shape index (κ3) is 4.98. The largest absolute Gasteiger partial charge is 0.486 e. The van der Waals surface area contributed by atoms with Crippen molar-refractivity contribution in [1.82, 2.24) is 5.32 Å². The van der Waals surface area contributed by atoms with Crippen LogP contribution in [0.2, 0.25) is 5.02 Å². The number of amides is 1. The highest BCUT2D eigenvalue weighted by atomic mass is 35.5. The van der Waals surface area contributed by atoms with Crippen molar-refractivity contribution in [1.29, 1.82) is 0 Å². The molecule has 3 aromatic rings. The second-order valence-corrected chi connectivity index (χ2v) is 10.2. The average molecular weight is 501 g/mol. The van der Waals surface area contributed by atoms with Gasteiger partial charge in [0.15, 0.2) is 11.5 Å². The van der Waals surface area contributed by atoms with E-state index in [9.17, 15) is 13.2 Å². The summed E-state index contributed by atoms with van der Waals surface area (Å²) in [6, 6.07) is 18.1. The second-order valence-electron chi connectivity index (χ2n) is 7.90. The Morgan fingerprint density at radius 3 is 2.47 bits per heavy atom. The molecule has 34 heavy (non-hydrogen) atoms. The Morgan fingerprint density at radius 1 is 1.03 bits per heavy atom. The van der Waals surface area contributed by atoms with E-state index in [4.69, 9.17) is 21.1 Å². The summed E-state index contributed by atoms with van der Waals surface area (Å²) in [6.07, 6.45) is 0. The van der Waals surface area contributed by atoms with Gasteiger partial charge in [-0.2, -0.15) is 0 Å². The van der Waals surface area contributed by atoms with Gasteiger partial charge in [-0.1, -0.05) is 41.9 Å². The number of rotatable bonds is 7. The van der Waals surface area contributed by atoms with Crippen molar-refractivity contribution >= 4 is 33.2 Å². The summed E-state index contributed by atoms with van der Waals surface area (Å²) >= 11 is 6.27. The van der Waals surface area contributed by atoms with Gasteiger partial charge >= 0.3 is 0 Å². The zero-order valence-corrected chi connectivity index (χ0v) is 20.4. The number of nitrogens with zero attached hydrogens (tertiary/aromatic N) is 1. The van der Waals surface area contributed by atoms with Gasteiger partial charge < -0.3 is 14.8 Å². The molecule has 3 aromatic carbocycles. The van der Waals surface area contributed by atoms with Crippen molar-refractivity contribution in [3.63, 3.8) is 0 Å². The maximum atomic E-state index is 13.5. The lowest BCUT2D eigenvalue weighted by Crippen LogP contribution is -2.42. The molecule has 1 atom stereocenters. The molecule has 1 amide bonds. The number of ether oxygens (including phenoxy) is 2. The molecule has 0 unspecified atom stereocenters. The first-order valence-electron chi connectivity index (χ1n) is 10.8. The number of carbonyl (C=O) groups is 1. The van der Waals surface area contributed by atoms with Crippen LogP contribution in [0.5, 0.6) is 11.5 Å². The van der Waals surface area contributed by atoms with Gasteiger partial charge in [0.2, 0.25) is 5.91 Å². The van der Waals surface area contributed by atoms with Crippen LogP contribution in [0.4, 0.5) is 5.69 Å². The van der Waals surface area contributed by atoms with Crippen molar-refractivity contribution in [2.24, 2.45) is 0 Å². The molecule has 0 aliphatic carbocycles. The maximum Gasteiger partial charge on any atom is 0.264 e. The Balaban J connectivity index is 1.60. The Morgan fingerprint density at radius 2 is 1.74 bits per heavy atom. The molecular weight excluding hydrogens is 476 g/mol. The van der Waals surface area contributed by atoms with Crippen LogP contribution in [-0.2, 0) is 14.8 Å².